The van der Waals surface area contributed by atoms with Crippen molar-refractivity contribution in [3.8, 4) is 0 Å². The molecule has 6 heteroatoms. The molecule has 0 saturated carbocycles. The first-order valence-electron chi connectivity index (χ1n) is 3.79. The van der Waals surface area contributed by atoms with Crippen LogP contribution < -0.4 is 11.1 Å². The van der Waals surface area contributed by atoms with Gasteiger partial charge in [-0.05, 0) is 6.07 Å². The molecule has 0 spiro atoms. The normalized spacial score (nSPS) is 10.4. The largest absolute Gasteiger partial charge is 0.370 e. The van der Waals surface area contributed by atoms with Crippen LogP contribution in [0.1, 0.15) is 6.42 Å². The predicted octanol–water partition coefficient (Wildman–Crippen LogP) is 1.13. The lowest BCUT2D eigenvalue weighted by molar-refractivity contribution is 0.142. The van der Waals surface area contributed by atoms with Gasteiger partial charge in [0.2, 0.25) is 12.4 Å². The van der Waals surface area contributed by atoms with Crippen molar-refractivity contribution in [3.05, 3.63) is 12.3 Å². The van der Waals surface area contributed by atoms with E-state index in [2.05, 4.69) is 15.3 Å². The summed E-state index contributed by atoms with van der Waals surface area (Å²) in [6.45, 7) is 0.175. The molecule has 0 fully saturated rings. The van der Waals surface area contributed by atoms with Crippen molar-refractivity contribution in [2.75, 3.05) is 17.6 Å². The zero-order valence-corrected chi connectivity index (χ0v) is 6.87. The highest BCUT2D eigenvalue weighted by Gasteiger charge is 2.01. The van der Waals surface area contributed by atoms with Crippen LogP contribution in [0.4, 0.5) is 20.5 Å². The molecule has 0 amide bonds. The standard InChI is InChI=1S/C7H10F2N4/c8-5(9)1-3-11-6-2-4-12-7(10)13-6/h2,4-5H,1,3H2,(H3,10,11,12,13). The summed E-state index contributed by atoms with van der Waals surface area (Å²) in [5.74, 6) is 0.593. The third kappa shape index (κ3) is 3.64. The Morgan fingerprint density at radius 1 is 1.54 bits per heavy atom. The minimum atomic E-state index is -2.30. The van der Waals surface area contributed by atoms with E-state index >= 15 is 0 Å². The predicted molar refractivity (Wildman–Crippen MR) is 45.6 cm³/mol. The number of nitrogens with zero attached hydrogens (tertiary/aromatic N) is 2. The maximum Gasteiger partial charge on any atom is 0.240 e. The van der Waals surface area contributed by atoms with Gasteiger partial charge in [0.05, 0.1) is 0 Å². The summed E-state index contributed by atoms with van der Waals surface area (Å²) < 4.78 is 23.4. The molecular weight excluding hydrogens is 178 g/mol. The molecule has 0 aliphatic carbocycles. The third-order valence-corrected chi connectivity index (χ3v) is 1.34. The van der Waals surface area contributed by atoms with Crippen molar-refractivity contribution in [2.45, 2.75) is 12.8 Å². The highest BCUT2D eigenvalue weighted by atomic mass is 19.3. The van der Waals surface area contributed by atoms with Gasteiger partial charge in [-0.3, -0.25) is 0 Å². The number of nitrogen functional groups attached to an aromatic ring is 1. The Balaban J connectivity index is 2.37. The van der Waals surface area contributed by atoms with Crippen LogP contribution >= 0.6 is 0 Å². The Bertz CT molecular complexity index is 266. The molecule has 1 heterocycles. The number of nitrogens with two attached hydrogens (primary N) is 1. The minimum absolute atomic E-state index is 0.127. The van der Waals surface area contributed by atoms with E-state index in [1.54, 1.807) is 6.07 Å². The molecule has 0 aliphatic heterocycles. The number of halogens is 2. The fourth-order valence-corrected chi connectivity index (χ4v) is 0.782. The monoisotopic (exact) mass is 188 g/mol. The second kappa shape index (κ2) is 4.54. The van der Waals surface area contributed by atoms with Crippen molar-refractivity contribution in [2.24, 2.45) is 0 Å². The van der Waals surface area contributed by atoms with E-state index in [4.69, 9.17) is 5.73 Å². The molecule has 0 unspecified atom stereocenters. The first-order chi connectivity index (χ1) is 6.18. The van der Waals surface area contributed by atoms with E-state index in [1.165, 1.54) is 6.20 Å². The lowest BCUT2D eigenvalue weighted by atomic mass is 10.4. The van der Waals surface area contributed by atoms with Crippen molar-refractivity contribution in [1.29, 1.82) is 0 Å². The van der Waals surface area contributed by atoms with Gasteiger partial charge >= 0.3 is 0 Å². The van der Waals surface area contributed by atoms with Gasteiger partial charge in [0, 0.05) is 19.2 Å². The number of alkyl halides is 2. The molecule has 1 rings (SSSR count). The lowest BCUT2D eigenvalue weighted by Crippen LogP contribution is -2.08. The van der Waals surface area contributed by atoms with E-state index in [1.807, 2.05) is 0 Å². The number of aromatic nitrogens is 2. The summed E-state index contributed by atoms with van der Waals surface area (Å²) in [6, 6.07) is 1.57. The van der Waals surface area contributed by atoms with E-state index in [0.29, 0.717) is 5.82 Å². The molecule has 3 N–H and O–H groups in total. The fourth-order valence-electron chi connectivity index (χ4n) is 0.782. The summed E-state index contributed by atoms with van der Waals surface area (Å²) in [6.07, 6.45) is -1.04. The minimum Gasteiger partial charge on any atom is -0.370 e. The Morgan fingerprint density at radius 2 is 2.31 bits per heavy atom. The van der Waals surface area contributed by atoms with Crippen LogP contribution in [0, 0.1) is 0 Å². The highest BCUT2D eigenvalue weighted by Crippen LogP contribution is 2.04. The first-order valence-corrected chi connectivity index (χ1v) is 3.79. The Labute approximate surface area is 74.2 Å². The molecule has 1 aromatic rings. The van der Waals surface area contributed by atoms with Crippen LogP contribution in [-0.4, -0.2) is 22.9 Å². The highest BCUT2D eigenvalue weighted by molar-refractivity contribution is 5.36. The average molecular weight is 188 g/mol. The van der Waals surface area contributed by atoms with Gasteiger partial charge in [0.1, 0.15) is 5.82 Å². The summed E-state index contributed by atoms with van der Waals surface area (Å²) in [5, 5.41) is 2.71. The van der Waals surface area contributed by atoms with Gasteiger partial charge in [-0.1, -0.05) is 0 Å². The second-order valence-electron chi connectivity index (χ2n) is 2.41. The molecule has 0 aromatic carbocycles. The summed E-state index contributed by atoms with van der Waals surface area (Å²) >= 11 is 0. The number of nitrogens with one attached hydrogen (secondary N) is 1. The topological polar surface area (TPSA) is 63.8 Å². The van der Waals surface area contributed by atoms with Gasteiger partial charge in [0.25, 0.3) is 0 Å². The van der Waals surface area contributed by atoms with E-state index in [9.17, 15) is 8.78 Å². The SMILES string of the molecule is Nc1nccc(NCCC(F)F)n1. The third-order valence-electron chi connectivity index (χ3n) is 1.34. The molecule has 0 atom stereocenters. The van der Waals surface area contributed by atoms with Gasteiger partial charge in [-0.15, -0.1) is 0 Å². The molecule has 72 valence electrons. The molecule has 0 saturated heterocycles. The summed E-state index contributed by atoms with van der Waals surface area (Å²) in [7, 11) is 0. The molecular formula is C7H10F2N4. The van der Waals surface area contributed by atoms with Gasteiger partial charge in [0.15, 0.2) is 0 Å². The number of anilines is 2. The molecule has 4 nitrogen and oxygen atoms in total. The number of hydrogen-bond acceptors (Lipinski definition) is 4. The maximum atomic E-state index is 11.7. The summed E-state index contributed by atoms with van der Waals surface area (Å²) in [5.41, 5.74) is 5.28. The van der Waals surface area contributed by atoms with Crippen LogP contribution in [-0.2, 0) is 0 Å². The fraction of sp³-hybridized carbons (Fsp3) is 0.429. The zero-order valence-electron chi connectivity index (χ0n) is 6.87. The van der Waals surface area contributed by atoms with Gasteiger partial charge < -0.3 is 11.1 Å². The quantitative estimate of drug-likeness (QED) is 0.743. The van der Waals surface area contributed by atoms with Crippen molar-refractivity contribution >= 4 is 11.8 Å². The van der Waals surface area contributed by atoms with Gasteiger partial charge in [-0.2, -0.15) is 4.98 Å². The molecule has 13 heavy (non-hydrogen) atoms. The van der Waals surface area contributed by atoms with E-state index in [-0.39, 0.29) is 18.9 Å². The summed E-state index contributed by atoms with van der Waals surface area (Å²) in [4.78, 5) is 7.44. The number of rotatable bonds is 4. The van der Waals surface area contributed by atoms with Gasteiger partial charge in [-0.25, -0.2) is 13.8 Å². The molecule has 0 aliphatic rings. The maximum absolute atomic E-state index is 11.7. The first kappa shape index (κ1) is 9.63. The molecule has 0 radical (unpaired) electrons. The van der Waals surface area contributed by atoms with Crippen LogP contribution in [0.2, 0.25) is 0 Å². The van der Waals surface area contributed by atoms with E-state index in [0.717, 1.165) is 0 Å². The van der Waals surface area contributed by atoms with Crippen LogP contribution in [0.5, 0.6) is 0 Å². The number of hydrogen-bond donors (Lipinski definition) is 2. The Hall–Kier alpha value is -1.46. The zero-order chi connectivity index (χ0) is 9.68. The lowest BCUT2D eigenvalue weighted by Gasteiger charge is -2.04. The Morgan fingerprint density at radius 3 is 2.92 bits per heavy atom. The van der Waals surface area contributed by atoms with Crippen LogP contribution in [0.15, 0.2) is 12.3 Å². The molecule has 1 aromatic heterocycles. The average Bonchev–Trinajstić information content (AvgIpc) is 2.03. The van der Waals surface area contributed by atoms with E-state index < -0.39 is 6.43 Å². The second-order valence-corrected chi connectivity index (χ2v) is 2.41. The van der Waals surface area contributed by atoms with Crippen LogP contribution in [0.25, 0.3) is 0 Å². The Kier molecular flexibility index (Phi) is 3.36. The van der Waals surface area contributed by atoms with Crippen LogP contribution in [0.3, 0.4) is 0 Å². The van der Waals surface area contributed by atoms with Crippen molar-refractivity contribution < 1.29 is 8.78 Å². The van der Waals surface area contributed by atoms with Crippen molar-refractivity contribution in [1.82, 2.24) is 9.97 Å². The smallest absolute Gasteiger partial charge is 0.240 e. The molecule has 0 bridgehead atoms. The van der Waals surface area contributed by atoms with Crippen molar-refractivity contribution in [3.63, 3.8) is 0 Å².